The van der Waals surface area contributed by atoms with Gasteiger partial charge in [0.25, 0.3) is 5.91 Å². The average Bonchev–Trinajstić information content (AvgIpc) is 2.94. The van der Waals surface area contributed by atoms with Crippen molar-refractivity contribution in [3.63, 3.8) is 0 Å². The Morgan fingerprint density at radius 1 is 0.684 bits per heavy atom. The second-order valence-corrected chi connectivity index (χ2v) is 10.2. The van der Waals surface area contributed by atoms with E-state index in [0.29, 0.717) is 29.6 Å². The summed E-state index contributed by atoms with van der Waals surface area (Å²) in [6, 6.07) is 16.8. The van der Waals surface area contributed by atoms with Gasteiger partial charge in [0.05, 0.1) is 5.56 Å². The van der Waals surface area contributed by atoms with Crippen LogP contribution in [0.4, 0.5) is 0 Å². The molecule has 2 N–H and O–H groups in total. The number of para-hydroxylation sites is 2. The number of benzene rings is 2. The van der Waals surface area contributed by atoms with Crippen LogP contribution in [0.3, 0.4) is 0 Å². The third-order valence-electron chi connectivity index (χ3n) is 6.53. The molecule has 0 spiro atoms. The fourth-order valence-corrected chi connectivity index (χ4v) is 4.54. The molecule has 2 aromatic carbocycles. The van der Waals surface area contributed by atoms with Crippen molar-refractivity contribution in [2.45, 2.75) is 96.8 Å². The number of thiocarbonyl (C=S) groups is 1. The van der Waals surface area contributed by atoms with Crippen molar-refractivity contribution >= 4 is 23.2 Å². The van der Waals surface area contributed by atoms with E-state index in [9.17, 15) is 4.79 Å². The number of hydrogen-bond donors (Lipinski definition) is 2. The highest BCUT2D eigenvalue weighted by Gasteiger charge is 2.13. The second kappa shape index (κ2) is 21.3. The molecular weight excluding hydrogens is 492 g/mol. The fraction of sp³-hybridized carbons (Fsp3) is 0.562. The third-order valence-corrected chi connectivity index (χ3v) is 6.77. The van der Waals surface area contributed by atoms with E-state index in [-0.39, 0.29) is 5.91 Å². The van der Waals surface area contributed by atoms with E-state index in [1.165, 1.54) is 83.5 Å². The lowest BCUT2D eigenvalue weighted by Gasteiger charge is -2.13. The van der Waals surface area contributed by atoms with Crippen LogP contribution in [0, 0.1) is 0 Å². The molecule has 0 aliphatic rings. The van der Waals surface area contributed by atoms with Gasteiger partial charge in [0.2, 0.25) is 0 Å². The highest BCUT2D eigenvalue weighted by molar-refractivity contribution is 7.80. The predicted molar refractivity (Wildman–Crippen MR) is 162 cm³/mol. The number of ether oxygens (including phenoxy) is 2. The van der Waals surface area contributed by atoms with Crippen molar-refractivity contribution in [3.8, 4) is 11.5 Å². The van der Waals surface area contributed by atoms with Gasteiger partial charge in [-0.1, -0.05) is 121 Å². The van der Waals surface area contributed by atoms with Gasteiger partial charge in [0, 0.05) is 6.54 Å². The predicted octanol–water partition coefficient (Wildman–Crippen LogP) is 8.23. The largest absolute Gasteiger partial charge is 0.490 e. The van der Waals surface area contributed by atoms with E-state index in [0.717, 1.165) is 18.7 Å². The molecule has 2 rings (SSSR count). The number of rotatable bonds is 21. The first-order valence-electron chi connectivity index (χ1n) is 14.7. The number of hydrogen-bond acceptors (Lipinski definition) is 4. The Labute approximate surface area is 236 Å². The molecule has 0 aliphatic carbocycles. The zero-order valence-corrected chi connectivity index (χ0v) is 24.2. The van der Waals surface area contributed by atoms with E-state index in [1.807, 2.05) is 42.5 Å². The molecular formula is C32H48N2O3S. The molecule has 0 saturated carbocycles. The molecule has 38 heavy (non-hydrogen) atoms. The molecule has 0 radical (unpaired) electrons. The Morgan fingerprint density at radius 3 is 1.84 bits per heavy atom. The maximum Gasteiger partial charge on any atom is 0.261 e. The Hall–Kier alpha value is -2.60. The molecule has 5 nitrogen and oxygen atoms in total. The molecule has 2 aromatic rings. The topological polar surface area (TPSA) is 59.6 Å². The molecule has 0 saturated heterocycles. The van der Waals surface area contributed by atoms with Crippen LogP contribution >= 0.6 is 12.2 Å². The molecule has 0 aliphatic heterocycles. The first-order valence-corrected chi connectivity index (χ1v) is 15.1. The standard InChI is InChI=1S/C32H48N2O3S/c1-2-3-4-5-6-7-8-9-10-11-12-13-14-20-25-33-32(38)34-31(35)29-23-18-19-24-30(29)37-27-26-36-28-21-16-15-17-22-28/h15-19,21-24H,2-14,20,25-27H2,1H3,(H2,33,34,35,38). The highest BCUT2D eigenvalue weighted by atomic mass is 32.1. The van der Waals surface area contributed by atoms with Gasteiger partial charge in [-0.25, -0.2) is 0 Å². The summed E-state index contributed by atoms with van der Waals surface area (Å²) in [6.07, 6.45) is 18.7. The summed E-state index contributed by atoms with van der Waals surface area (Å²) in [5.74, 6) is 1.02. The normalized spacial score (nSPS) is 10.7. The maximum atomic E-state index is 12.7. The number of nitrogens with one attached hydrogen (secondary N) is 2. The summed E-state index contributed by atoms with van der Waals surface area (Å²) in [5, 5.41) is 6.28. The summed E-state index contributed by atoms with van der Waals surface area (Å²) < 4.78 is 11.5. The van der Waals surface area contributed by atoms with E-state index < -0.39 is 0 Å². The Bertz CT molecular complexity index is 891. The van der Waals surface area contributed by atoms with Crippen molar-refractivity contribution in [1.29, 1.82) is 0 Å². The van der Waals surface area contributed by atoms with Gasteiger partial charge < -0.3 is 14.8 Å². The van der Waals surface area contributed by atoms with Gasteiger partial charge in [-0.05, 0) is 42.9 Å². The molecule has 0 atom stereocenters. The number of carbonyl (C=O) groups is 1. The van der Waals surface area contributed by atoms with Crippen LogP contribution in [0.2, 0.25) is 0 Å². The minimum Gasteiger partial charge on any atom is -0.490 e. The summed E-state index contributed by atoms with van der Waals surface area (Å²) >= 11 is 5.33. The minimum absolute atomic E-state index is 0.275. The van der Waals surface area contributed by atoms with Crippen LogP contribution in [0.15, 0.2) is 54.6 Å². The number of unbranched alkanes of at least 4 members (excludes halogenated alkanes) is 13. The van der Waals surface area contributed by atoms with Crippen molar-refractivity contribution in [2.75, 3.05) is 19.8 Å². The maximum absolute atomic E-state index is 12.7. The van der Waals surface area contributed by atoms with Crippen LogP contribution in [0.25, 0.3) is 0 Å². The Balaban J connectivity index is 1.49. The zero-order chi connectivity index (χ0) is 27.1. The Kier molecular flexibility index (Phi) is 17.8. The SMILES string of the molecule is CCCCCCCCCCCCCCCCNC(=S)NC(=O)c1ccccc1OCCOc1ccccc1. The van der Waals surface area contributed by atoms with Crippen molar-refractivity contribution in [3.05, 3.63) is 60.2 Å². The fourth-order valence-electron chi connectivity index (χ4n) is 4.34. The van der Waals surface area contributed by atoms with E-state index in [4.69, 9.17) is 21.7 Å². The summed E-state index contributed by atoms with van der Waals surface area (Å²) in [4.78, 5) is 12.7. The second-order valence-electron chi connectivity index (χ2n) is 9.81. The number of amides is 1. The van der Waals surface area contributed by atoms with Crippen molar-refractivity contribution < 1.29 is 14.3 Å². The zero-order valence-electron chi connectivity index (χ0n) is 23.3. The minimum atomic E-state index is -0.275. The van der Waals surface area contributed by atoms with Gasteiger partial charge in [-0.15, -0.1) is 0 Å². The van der Waals surface area contributed by atoms with Crippen molar-refractivity contribution in [1.82, 2.24) is 10.6 Å². The lowest BCUT2D eigenvalue weighted by Crippen LogP contribution is -2.39. The molecule has 1 amide bonds. The summed E-state index contributed by atoms with van der Waals surface area (Å²) in [6.45, 7) is 3.77. The number of carbonyl (C=O) groups excluding carboxylic acids is 1. The van der Waals surface area contributed by atoms with Gasteiger partial charge in [0.15, 0.2) is 5.11 Å². The molecule has 0 aromatic heterocycles. The molecule has 0 unspecified atom stereocenters. The first kappa shape index (κ1) is 31.6. The van der Waals surface area contributed by atoms with Crippen LogP contribution in [-0.4, -0.2) is 30.8 Å². The van der Waals surface area contributed by atoms with Crippen LogP contribution in [-0.2, 0) is 0 Å². The quantitative estimate of drug-likeness (QED) is 0.123. The van der Waals surface area contributed by atoms with Crippen LogP contribution < -0.4 is 20.1 Å². The molecule has 210 valence electrons. The highest BCUT2D eigenvalue weighted by Crippen LogP contribution is 2.18. The van der Waals surface area contributed by atoms with E-state index >= 15 is 0 Å². The molecule has 6 heteroatoms. The summed E-state index contributed by atoms with van der Waals surface area (Å²) in [5.41, 5.74) is 0.452. The lowest BCUT2D eigenvalue weighted by atomic mass is 10.0. The van der Waals surface area contributed by atoms with Gasteiger partial charge in [-0.2, -0.15) is 0 Å². The van der Waals surface area contributed by atoms with E-state index in [1.54, 1.807) is 12.1 Å². The lowest BCUT2D eigenvalue weighted by molar-refractivity contribution is 0.0971. The summed E-state index contributed by atoms with van der Waals surface area (Å²) in [7, 11) is 0. The van der Waals surface area contributed by atoms with E-state index in [2.05, 4.69) is 17.6 Å². The first-order chi connectivity index (χ1) is 18.7. The van der Waals surface area contributed by atoms with Gasteiger partial charge >= 0.3 is 0 Å². The molecule has 0 fully saturated rings. The Morgan fingerprint density at radius 2 is 1.21 bits per heavy atom. The van der Waals surface area contributed by atoms with Crippen LogP contribution in [0.1, 0.15) is 107 Å². The molecule has 0 heterocycles. The third kappa shape index (κ3) is 15.0. The van der Waals surface area contributed by atoms with Gasteiger partial charge in [0.1, 0.15) is 24.7 Å². The van der Waals surface area contributed by atoms with Gasteiger partial charge in [-0.3, -0.25) is 10.1 Å². The van der Waals surface area contributed by atoms with Crippen LogP contribution in [0.5, 0.6) is 11.5 Å². The average molecular weight is 541 g/mol. The monoisotopic (exact) mass is 540 g/mol. The van der Waals surface area contributed by atoms with Crippen molar-refractivity contribution in [2.24, 2.45) is 0 Å². The smallest absolute Gasteiger partial charge is 0.261 e. The molecule has 0 bridgehead atoms.